The van der Waals surface area contributed by atoms with Crippen LogP contribution >= 0.6 is 0 Å². The third kappa shape index (κ3) is 2.25. The normalized spacial score (nSPS) is 16.3. The first-order valence-corrected chi connectivity index (χ1v) is 7.18. The summed E-state index contributed by atoms with van der Waals surface area (Å²) in [6, 6.07) is 3.27. The number of cyclic esters (lactones) is 1. The lowest BCUT2D eigenvalue weighted by Crippen LogP contribution is -2.28. The molecule has 1 aliphatic heterocycles. The van der Waals surface area contributed by atoms with E-state index < -0.39 is 12.3 Å². The van der Waals surface area contributed by atoms with E-state index in [1.165, 1.54) is 21.3 Å². The molecule has 0 radical (unpaired) electrons. The Balaban J connectivity index is 2.50. The van der Waals surface area contributed by atoms with Crippen LogP contribution in [0.2, 0.25) is 0 Å². The predicted molar refractivity (Wildman–Crippen MR) is 84.1 cm³/mol. The molecule has 1 N–H and O–H groups in total. The fourth-order valence-electron chi connectivity index (χ4n) is 3.04. The fourth-order valence-corrected chi connectivity index (χ4v) is 3.04. The highest BCUT2D eigenvalue weighted by Crippen LogP contribution is 2.43. The second-order valence-corrected chi connectivity index (χ2v) is 5.24. The fraction of sp³-hybridized carbons (Fsp3) is 0.294. The van der Waals surface area contributed by atoms with E-state index >= 15 is 0 Å². The van der Waals surface area contributed by atoms with Crippen molar-refractivity contribution in [3.05, 3.63) is 28.8 Å². The van der Waals surface area contributed by atoms with Crippen LogP contribution in [0.1, 0.15) is 26.3 Å². The van der Waals surface area contributed by atoms with Crippen LogP contribution in [0.4, 0.5) is 0 Å². The second-order valence-electron chi connectivity index (χ2n) is 5.24. The number of hydrogen-bond acceptors (Lipinski definition) is 7. The van der Waals surface area contributed by atoms with Crippen LogP contribution in [0.3, 0.4) is 0 Å². The first-order valence-electron chi connectivity index (χ1n) is 7.18. The maximum absolute atomic E-state index is 12.3. The van der Waals surface area contributed by atoms with Gasteiger partial charge >= 0.3 is 5.97 Å². The van der Waals surface area contributed by atoms with Crippen LogP contribution in [0, 0.1) is 0 Å². The molecule has 0 aromatic heterocycles. The number of rotatable bonds is 4. The van der Waals surface area contributed by atoms with Crippen molar-refractivity contribution in [1.82, 2.24) is 0 Å². The summed E-state index contributed by atoms with van der Waals surface area (Å²) in [5.74, 6) is 0.463. The van der Waals surface area contributed by atoms with Crippen molar-refractivity contribution in [1.29, 1.82) is 0 Å². The van der Waals surface area contributed by atoms with E-state index in [-0.39, 0.29) is 17.5 Å². The number of aldehydes is 1. The number of ether oxygens (including phenoxy) is 4. The first-order chi connectivity index (χ1) is 11.5. The minimum absolute atomic E-state index is 0.00971. The molecule has 0 amide bonds. The lowest BCUT2D eigenvalue weighted by Gasteiger charge is -2.25. The number of hydrogen-bond donors (Lipinski definition) is 1. The van der Waals surface area contributed by atoms with E-state index in [0.29, 0.717) is 39.9 Å². The van der Waals surface area contributed by atoms with Gasteiger partial charge in [-0.2, -0.15) is 0 Å². The molecule has 0 saturated heterocycles. The molecule has 2 aromatic rings. The van der Waals surface area contributed by atoms with Gasteiger partial charge in [0.25, 0.3) is 0 Å². The van der Waals surface area contributed by atoms with E-state index in [9.17, 15) is 14.7 Å². The third-order valence-electron chi connectivity index (χ3n) is 4.06. The van der Waals surface area contributed by atoms with E-state index in [1.807, 2.05) is 0 Å². The first kappa shape index (κ1) is 16.1. The zero-order chi connectivity index (χ0) is 17.4. The van der Waals surface area contributed by atoms with Gasteiger partial charge in [0.2, 0.25) is 6.29 Å². The second kappa shape index (κ2) is 6.01. The van der Waals surface area contributed by atoms with E-state index in [4.69, 9.17) is 18.9 Å². The smallest absolute Gasteiger partial charge is 0.341 e. The Labute approximate surface area is 137 Å². The molecule has 3 rings (SSSR count). The van der Waals surface area contributed by atoms with Crippen molar-refractivity contribution in [3.63, 3.8) is 0 Å². The molecule has 7 nitrogen and oxygen atoms in total. The zero-order valence-electron chi connectivity index (χ0n) is 13.4. The molecule has 0 spiro atoms. The molecule has 126 valence electrons. The lowest BCUT2D eigenvalue weighted by molar-refractivity contribution is -0.0685. The summed E-state index contributed by atoms with van der Waals surface area (Å²) in [6.45, 7) is 0. The topological polar surface area (TPSA) is 91.3 Å². The molecule has 0 fully saturated rings. The van der Waals surface area contributed by atoms with Gasteiger partial charge in [0.15, 0.2) is 17.8 Å². The maximum Gasteiger partial charge on any atom is 0.341 e. The summed E-state index contributed by atoms with van der Waals surface area (Å²) >= 11 is 0. The number of esters is 1. The van der Waals surface area contributed by atoms with Crippen molar-refractivity contribution in [2.45, 2.75) is 12.7 Å². The van der Waals surface area contributed by atoms with Crippen molar-refractivity contribution in [2.24, 2.45) is 0 Å². The summed E-state index contributed by atoms with van der Waals surface area (Å²) < 4.78 is 20.9. The van der Waals surface area contributed by atoms with E-state index in [0.717, 1.165) is 0 Å². The summed E-state index contributed by atoms with van der Waals surface area (Å²) in [5.41, 5.74) is 0.826. The summed E-state index contributed by atoms with van der Waals surface area (Å²) in [7, 11) is 4.40. The number of carbonyl (C=O) groups excluding carboxylic acids is 2. The van der Waals surface area contributed by atoms with Crippen molar-refractivity contribution in [3.8, 4) is 17.2 Å². The van der Waals surface area contributed by atoms with Crippen molar-refractivity contribution < 1.29 is 33.6 Å². The molecular formula is C17H16O7. The standard InChI is InChI=1S/C17H16O7/c1-21-12-4-8-10(5-13(12)22-2)16(23-3)11(7-18)9-6-14(19)24-17(20)15(8)9/h4-5,7,14,19H,6H2,1-3H3. The van der Waals surface area contributed by atoms with Gasteiger partial charge in [0.05, 0.1) is 32.5 Å². The number of aliphatic hydroxyl groups is 1. The molecule has 24 heavy (non-hydrogen) atoms. The van der Waals surface area contributed by atoms with Crippen LogP contribution < -0.4 is 14.2 Å². The number of carbonyl (C=O) groups is 2. The quantitative estimate of drug-likeness (QED) is 0.673. The lowest BCUT2D eigenvalue weighted by atomic mass is 9.89. The van der Waals surface area contributed by atoms with Gasteiger partial charge < -0.3 is 24.1 Å². The molecule has 7 heteroatoms. The number of methoxy groups -OCH3 is 3. The van der Waals surface area contributed by atoms with Crippen molar-refractivity contribution in [2.75, 3.05) is 21.3 Å². The molecule has 1 unspecified atom stereocenters. The van der Waals surface area contributed by atoms with Gasteiger partial charge in [-0.05, 0) is 17.7 Å². The van der Waals surface area contributed by atoms with E-state index in [2.05, 4.69) is 0 Å². The van der Waals surface area contributed by atoms with Crippen molar-refractivity contribution >= 4 is 23.0 Å². The molecule has 1 heterocycles. The molecule has 0 bridgehead atoms. The Kier molecular flexibility index (Phi) is 4.02. The SMILES string of the molecule is COc1cc2c(OC)c(C=O)c3c(c2cc1OC)C(=O)OC(O)C3. The summed E-state index contributed by atoms with van der Waals surface area (Å²) in [6.07, 6.45) is -0.680. The average molecular weight is 332 g/mol. The zero-order valence-corrected chi connectivity index (χ0v) is 13.4. The molecule has 0 aliphatic carbocycles. The number of benzene rings is 2. The van der Waals surface area contributed by atoms with Crippen LogP contribution in [-0.4, -0.2) is 45.0 Å². The highest BCUT2D eigenvalue weighted by Gasteiger charge is 2.32. The molecule has 0 saturated carbocycles. The van der Waals surface area contributed by atoms with Crippen LogP contribution in [-0.2, 0) is 11.2 Å². The Morgan fingerprint density at radius 1 is 1.12 bits per heavy atom. The number of aliphatic hydroxyl groups excluding tert-OH is 1. The monoisotopic (exact) mass is 332 g/mol. The Hall–Kier alpha value is -2.80. The van der Waals surface area contributed by atoms with Gasteiger partial charge in [0, 0.05) is 17.2 Å². The van der Waals surface area contributed by atoms with Gasteiger partial charge in [-0.1, -0.05) is 0 Å². The van der Waals surface area contributed by atoms with Gasteiger partial charge in [-0.25, -0.2) is 4.79 Å². The minimum atomic E-state index is -1.30. The van der Waals surface area contributed by atoms with Crippen LogP contribution in [0.5, 0.6) is 17.2 Å². The predicted octanol–water partition coefficient (Wildman–Crippen LogP) is 1.71. The largest absolute Gasteiger partial charge is 0.495 e. The highest BCUT2D eigenvalue weighted by atomic mass is 16.6. The molecular weight excluding hydrogens is 316 g/mol. The van der Waals surface area contributed by atoms with Crippen LogP contribution in [0.15, 0.2) is 12.1 Å². The maximum atomic E-state index is 12.3. The van der Waals surface area contributed by atoms with Gasteiger partial charge in [0.1, 0.15) is 5.75 Å². The number of fused-ring (bicyclic) bond motifs is 3. The Morgan fingerprint density at radius 2 is 1.75 bits per heavy atom. The van der Waals surface area contributed by atoms with E-state index in [1.54, 1.807) is 12.1 Å². The highest BCUT2D eigenvalue weighted by molar-refractivity contribution is 6.12. The molecule has 1 atom stereocenters. The summed E-state index contributed by atoms with van der Waals surface area (Å²) in [4.78, 5) is 23.9. The Bertz CT molecular complexity index is 841. The molecule has 2 aromatic carbocycles. The van der Waals surface area contributed by atoms with Gasteiger partial charge in [-0.3, -0.25) is 4.79 Å². The molecule has 1 aliphatic rings. The van der Waals surface area contributed by atoms with Crippen LogP contribution in [0.25, 0.3) is 10.8 Å². The Morgan fingerprint density at radius 3 is 2.29 bits per heavy atom. The minimum Gasteiger partial charge on any atom is -0.495 e. The third-order valence-corrected chi connectivity index (χ3v) is 4.06. The van der Waals surface area contributed by atoms with Gasteiger partial charge in [-0.15, -0.1) is 0 Å². The average Bonchev–Trinajstić information content (AvgIpc) is 2.58. The summed E-state index contributed by atoms with van der Waals surface area (Å²) in [5, 5.41) is 10.7.